The predicted molar refractivity (Wildman–Crippen MR) is 77.8 cm³/mol. The van der Waals surface area contributed by atoms with Gasteiger partial charge in [0.15, 0.2) is 0 Å². The molecule has 0 amide bonds. The lowest BCUT2D eigenvalue weighted by molar-refractivity contribution is 0.400. The van der Waals surface area contributed by atoms with Gasteiger partial charge >= 0.3 is 0 Å². The summed E-state index contributed by atoms with van der Waals surface area (Å²) in [6.07, 6.45) is 6.02. The maximum absolute atomic E-state index is 6.29. The summed E-state index contributed by atoms with van der Waals surface area (Å²) < 4.78 is 2.21. The molecule has 0 atom stereocenters. The van der Waals surface area contributed by atoms with E-state index in [-0.39, 0.29) is 11.1 Å². The SMILES string of the molecule is CC(C)(C)n1cncc1-c1cccc(C2(N)CC2)c1. The first-order chi connectivity index (χ1) is 8.90. The van der Waals surface area contributed by atoms with Crippen molar-refractivity contribution in [2.75, 3.05) is 0 Å². The van der Waals surface area contributed by atoms with Crippen LogP contribution < -0.4 is 5.73 Å². The van der Waals surface area contributed by atoms with Crippen molar-refractivity contribution in [1.82, 2.24) is 9.55 Å². The number of rotatable bonds is 2. The van der Waals surface area contributed by atoms with Gasteiger partial charge in [-0.25, -0.2) is 4.98 Å². The van der Waals surface area contributed by atoms with Crippen LogP contribution >= 0.6 is 0 Å². The van der Waals surface area contributed by atoms with Crippen molar-refractivity contribution >= 4 is 0 Å². The molecule has 1 aliphatic carbocycles. The normalized spacial score (nSPS) is 17.5. The highest BCUT2D eigenvalue weighted by atomic mass is 15.1. The number of nitrogens with zero attached hydrogens (tertiary/aromatic N) is 2. The predicted octanol–water partition coefficient (Wildman–Crippen LogP) is 3.25. The Labute approximate surface area is 114 Å². The van der Waals surface area contributed by atoms with E-state index in [1.807, 2.05) is 12.5 Å². The van der Waals surface area contributed by atoms with Crippen LogP contribution in [-0.2, 0) is 11.1 Å². The summed E-state index contributed by atoms with van der Waals surface area (Å²) in [5, 5.41) is 0. The zero-order chi connectivity index (χ0) is 13.7. The number of aromatic nitrogens is 2. The third kappa shape index (κ3) is 2.19. The van der Waals surface area contributed by atoms with E-state index in [9.17, 15) is 0 Å². The molecule has 3 nitrogen and oxygen atoms in total. The van der Waals surface area contributed by atoms with Gasteiger partial charge < -0.3 is 10.3 Å². The van der Waals surface area contributed by atoms with E-state index in [4.69, 9.17) is 5.73 Å². The maximum atomic E-state index is 6.29. The van der Waals surface area contributed by atoms with Crippen molar-refractivity contribution in [2.24, 2.45) is 5.73 Å². The molecule has 1 aromatic carbocycles. The molecule has 2 aromatic rings. The van der Waals surface area contributed by atoms with Gasteiger partial charge in [0.25, 0.3) is 0 Å². The molecule has 0 aliphatic heterocycles. The second-order valence-corrected chi connectivity index (χ2v) is 6.56. The topological polar surface area (TPSA) is 43.8 Å². The first kappa shape index (κ1) is 12.4. The fourth-order valence-electron chi connectivity index (χ4n) is 2.45. The van der Waals surface area contributed by atoms with Crippen molar-refractivity contribution in [3.63, 3.8) is 0 Å². The minimum Gasteiger partial charge on any atom is -0.325 e. The van der Waals surface area contributed by atoms with Crippen LogP contribution in [0.4, 0.5) is 0 Å². The van der Waals surface area contributed by atoms with Crippen molar-refractivity contribution in [3.8, 4) is 11.3 Å². The number of nitrogens with two attached hydrogens (primary N) is 1. The zero-order valence-electron chi connectivity index (χ0n) is 11.9. The maximum Gasteiger partial charge on any atom is 0.0955 e. The Morgan fingerprint density at radius 2 is 2.00 bits per heavy atom. The molecule has 0 spiro atoms. The molecule has 3 heteroatoms. The Hall–Kier alpha value is -1.61. The molecule has 0 saturated heterocycles. The standard InChI is InChI=1S/C16H21N3/c1-15(2,3)19-11-18-10-14(19)12-5-4-6-13(9-12)16(17)7-8-16/h4-6,9-11H,7-8,17H2,1-3H3. The summed E-state index contributed by atoms with van der Waals surface area (Å²) in [7, 11) is 0. The molecular formula is C16H21N3. The Morgan fingerprint density at radius 1 is 1.26 bits per heavy atom. The van der Waals surface area contributed by atoms with Gasteiger partial charge in [0, 0.05) is 16.6 Å². The number of imidazole rings is 1. The van der Waals surface area contributed by atoms with E-state index >= 15 is 0 Å². The lowest BCUT2D eigenvalue weighted by Crippen LogP contribution is -2.22. The van der Waals surface area contributed by atoms with Crippen LogP contribution in [0.2, 0.25) is 0 Å². The van der Waals surface area contributed by atoms with E-state index in [2.05, 4.69) is 54.6 Å². The molecule has 1 fully saturated rings. The van der Waals surface area contributed by atoms with Crippen LogP contribution in [0.15, 0.2) is 36.8 Å². The lowest BCUT2D eigenvalue weighted by Gasteiger charge is -2.24. The van der Waals surface area contributed by atoms with Crippen molar-refractivity contribution < 1.29 is 0 Å². The summed E-state index contributed by atoms with van der Waals surface area (Å²) >= 11 is 0. The third-order valence-electron chi connectivity index (χ3n) is 3.88. The molecule has 1 aliphatic rings. The molecule has 1 heterocycles. The molecule has 3 rings (SSSR count). The lowest BCUT2D eigenvalue weighted by atomic mass is 10.0. The number of hydrogen-bond acceptors (Lipinski definition) is 2. The Morgan fingerprint density at radius 3 is 2.63 bits per heavy atom. The van der Waals surface area contributed by atoms with Crippen LogP contribution in [0, 0.1) is 0 Å². The summed E-state index contributed by atoms with van der Waals surface area (Å²) in [5.41, 5.74) is 9.83. The first-order valence-corrected chi connectivity index (χ1v) is 6.83. The van der Waals surface area contributed by atoms with E-state index < -0.39 is 0 Å². The van der Waals surface area contributed by atoms with Crippen LogP contribution in [0.5, 0.6) is 0 Å². The molecule has 19 heavy (non-hydrogen) atoms. The summed E-state index contributed by atoms with van der Waals surface area (Å²) in [5.74, 6) is 0. The van der Waals surface area contributed by atoms with Gasteiger partial charge in [-0.2, -0.15) is 0 Å². The minimum absolute atomic E-state index is 0.0296. The average molecular weight is 255 g/mol. The molecule has 0 radical (unpaired) electrons. The highest BCUT2D eigenvalue weighted by Gasteiger charge is 2.40. The quantitative estimate of drug-likeness (QED) is 0.895. The zero-order valence-corrected chi connectivity index (χ0v) is 11.9. The largest absolute Gasteiger partial charge is 0.325 e. The fourth-order valence-corrected chi connectivity index (χ4v) is 2.45. The second kappa shape index (κ2) is 3.94. The van der Waals surface area contributed by atoms with Crippen molar-refractivity contribution in [2.45, 2.75) is 44.7 Å². The van der Waals surface area contributed by atoms with Gasteiger partial charge in [0.1, 0.15) is 0 Å². The van der Waals surface area contributed by atoms with Crippen molar-refractivity contribution in [3.05, 3.63) is 42.4 Å². The molecule has 100 valence electrons. The molecule has 1 saturated carbocycles. The van der Waals surface area contributed by atoms with Gasteiger partial charge in [-0.15, -0.1) is 0 Å². The Balaban J connectivity index is 2.06. The van der Waals surface area contributed by atoms with Crippen LogP contribution in [0.25, 0.3) is 11.3 Å². The Bertz CT molecular complexity index is 600. The highest BCUT2D eigenvalue weighted by Crippen LogP contribution is 2.43. The molecule has 0 unspecified atom stereocenters. The summed E-state index contributed by atoms with van der Waals surface area (Å²) in [6.45, 7) is 6.56. The first-order valence-electron chi connectivity index (χ1n) is 6.83. The molecular weight excluding hydrogens is 234 g/mol. The second-order valence-electron chi connectivity index (χ2n) is 6.56. The molecule has 1 aromatic heterocycles. The fraction of sp³-hybridized carbons (Fsp3) is 0.438. The molecule has 0 bridgehead atoms. The average Bonchev–Trinajstić information content (AvgIpc) is 2.93. The van der Waals surface area contributed by atoms with E-state index in [1.165, 1.54) is 11.1 Å². The van der Waals surface area contributed by atoms with Gasteiger partial charge in [0.05, 0.1) is 18.2 Å². The number of benzene rings is 1. The highest BCUT2D eigenvalue weighted by molar-refractivity contribution is 5.61. The minimum atomic E-state index is -0.0808. The van der Waals surface area contributed by atoms with Gasteiger partial charge in [0.2, 0.25) is 0 Å². The van der Waals surface area contributed by atoms with Crippen molar-refractivity contribution in [1.29, 1.82) is 0 Å². The Kier molecular flexibility index (Phi) is 2.58. The van der Waals surface area contributed by atoms with E-state index in [0.29, 0.717) is 0 Å². The van der Waals surface area contributed by atoms with Gasteiger partial charge in [-0.1, -0.05) is 18.2 Å². The number of hydrogen-bond donors (Lipinski definition) is 1. The monoisotopic (exact) mass is 255 g/mol. The third-order valence-corrected chi connectivity index (χ3v) is 3.88. The smallest absolute Gasteiger partial charge is 0.0955 e. The van der Waals surface area contributed by atoms with E-state index in [0.717, 1.165) is 18.5 Å². The van der Waals surface area contributed by atoms with Gasteiger partial charge in [-0.05, 0) is 45.2 Å². The summed E-state index contributed by atoms with van der Waals surface area (Å²) in [4.78, 5) is 4.30. The van der Waals surface area contributed by atoms with Crippen LogP contribution in [-0.4, -0.2) is 9.55 Å². The summed E-state index contributed by atoms with van der Waals surface area (Å²) in [6, 6.07) is 8.58. The van der Waals surface area contributed by atoms with Crippen LogP contribution in [0.3, 0.4) is 0 Å². The van der Waals surface area contributed by atoms with Gasteiger partial charge in [-0.3, -0.25) is 0 Å². The van der Waals surface area contributed by atoms with Crippen LogP contribution in [0.1, 0.15) is 39.2 Å². The molecule has 2 N–H and O–H groups in total. The van der Waals surface area contributed by atoms with E-state index in [1.54, 1.807) is 0 Å².